The number of ether oxygens (including phenoxy) is 1. The van der Waals surface area contributed by atoms with Crippen LogP contribution in [-0.2, 0) is 0 Å². The number of carbonyl (C=O) groups is 1. The molecule has 3 aromatic rings. The molecule has 2 heterocycles. The lowest BCUT2D eigenvalue weighted by Gasteiger charge is -2.35. The number of aromatic nitrogens is 2. The normalized spacial score (nSPS) is 13.7. The van der Waals surface area contributed by atoms with Gasteiger partial charge in [0.1, 0.15) is 11.6 Å². The van der Waals surface area contributed by atoms with Gasteiger partial charge in [-0.15, -0.1) is 0 Å². The molecular formula is C25H29N5O2. The average molecular weight is 432 g/mol. The van der Waals surface area contributed by atoms with Crippen molar-refractivity contribution in [1.82, 2.24) is 14.9 Å². The fourth-order valence-corrected chi connectivity index (χ4v) is 3.72. The van der Waals surface area contributed by atoms with E-state index in [1.165, 1.54) is 5.56 Å². The molecule has 32 heavy (non-hydrogen) atoms. The Morgan fingerprint density at radius 2 is 1.66 bits per heavy atom. The number of piperazine rings is 1. The van der Waals surface area contributed by atoms with E-state index >= 15 is 0 Å². The number of benzene rings is 2. The zero-order chi connectivity index (χ0) is 22.5. The highest BCUT2D eigenvalue weighted by Gasteiger charge is 2.23. The number of hydrogen-bond donors (Lipinski definition) is 1. The van der Waals surface area contributed by atoms with Gasteiger partial charge in [0.15, 0.2) is 0 Å². The van der Waals surface area contributed by atoms with Crippen LogP contribution in [0.5, 0.6) is 5.75 Å². The van der Waals surface area contributed by atoms with E-state index in [9.17, 15) is 4.79 Å². The maximum absolute atomic E-state index is 12.9. The molecule has 1 aromatic heterocycles. The molecule has 1 amide bonds. The molecule has 7 heteroatoms. The molecule has 4 rings (SSSR count). The zero-order valence-electron chi connectivity index (χ0n) is 18.8. The molecule has 0 radical (unpaired) electrons. The Morgan fingerprint density at radius 3 is 2.31 bits per heavy atom. The molecule has 0 unspecified atom stereocenters. The van der Waals surface area contributed by atoms with Crippen LogP contribution in [-0.4, -0.2) is 53.6 Å². The molecule has 2 aromatic carbocycles. The van der Waals surface area contributed by atoms with E-state index in [0.29, 0.717) is 31.2 Å². The summed E-state index contributed by atoms with van der Waals surface area (Å²) in [5, 5.41) is 3.29. The summed E-state index contributed by atoms with van der Waals surface area (Å²) in [5.41, 5.74) is 3.75. The van der Waals surface area contributed by atoms with Gasteiger partial charge in [-0.25, -0.2) is 4.98 Å². The van der Waals surface area contributed by atoms with Gasteiger partial charge in [0.2, 0.25) is 5.95 Å². The Labute approximate surface area is 189 Å². The monoisotopic (exact) mass is 431 g/mol. The number of hydrogen-bond acceptors (Lipinski definition) is 6. The highest BCUT2D eigenvalue weighted by atomic mass is 16.5. The van der Waals surface area contributed by atoms with Crippen LogP contribution in [0.25, 0.3) is 0 Å². The number of anilines is 3. The maximum atomic E-state index is 12.9. The van der Waals surface area contributed by atoms with E-state index in [1.807, 2.05) is 61.2 Å². The van der Waals surface area contributed by atoms with Gasteiger partial charge in [0, 0.05) is 49.2 Å². The number of amides is 1. The molecule has 7 nitrogen and oxygen atoms in total. The molecule has 0 aliphatic carbocycles. The molecule has 1 saturated heterocycles. The molecule has 166 valence electrons. The van der Waals surface area contributed by atoms with Gasteiger partial charge in [-0.1, -0.05) is 17.7 Å². The van der Waals surface area contributed by atoms with Crippen LogP contribution < -0.4 is 15.0 Å². The number of nitrogens with zero attached hydrogens (tertiary/aromatic N) is 4. The minimum atomic E-state index is 0.0493. The third-order valence-corrected chi connectivity index (χ3v) is 5.45. The molecule has 1 aliphatic rings. The zero-order valence-corrected chi connectivity index (χ0v) is 18.8. The van der Waals surface area contributed by atoms with Crippen molar-refractivity contribution in [3.63, 3.8) is 0 Å². The van der Waals surface area contributed by atoms with E-state index in [4.69, 9.17) is 9.72 Å². The van der Waals surface area contributed by atoms with E-state index in [0.717, 1.165) is 36.0 Å². The summed E-state index contributed by atoms with van der Waals surface area (Å²) in [5.74, 6) is 2.29. The van der Waals surface area contributed by atoms with Crippen LogP contribution in [0.15, 0.2) is 54.6 Å². The fraction of sp³-hybridized carbons (Fsp3) is 0.320. The van der Waals surface area contributed by atoms with Crippen molar-refractivity contribution in [2.75, 3.05) is 43.0 Å². The summed E-state index contributed by atoms with van der Waals surface area (Å²) in [6, 6.07) is 17.5. The van der Waals surface area contributed by atoms with Crippen molar-refractivity contribution in [1.29, 1.82) is 0 Å². The lowest BCUT2D eigenvalue weighted by atomic mass is 10.1. The van der Waals surface area contributed by atoms with Crippen molar-refractivity contribution >= 4 is 23.4 Å². The maximum Gasteiger partial charge on any atom is 0.253 e. The second kappa shape index (κ2) is 9.68. The standard InChI is InChI=1S/C25H29N5O2/c1-4-32-22-11-7-20(8-12-22)24(31)30-15-13-29(14-16-30)23-17-19(3)26-25(28-23)27-21-9-5-18(2)6-10-21/h5-12,17H,4,13-16H2,1-3H3,(H,26,27,28). The van der Waals surface area contributed by atoms with Crippen molar-refractivity contribution in [2.45, 2.75) is 20.8 Å². The van der Waals surface area contributed by atoms with Gasteiger partial charge in [-0.3, -0.25) is 4.79 Å². The summed E-state index contributed by atoms with van der Waals surface area (Å²) in [4.78, 5) is 26.2. The second-order valence-electron chi connectivity index (χ2n) is 7.92. The highest BCUT2D eigenvalue weighted by Crippen LogP contribution is 2.21. The summed E-state index contributed by atoms with van der Waals surface area (Å²) < 4.78 is 5.46. The van der Waals surface area contributed by atoms with E-state index in [-0.39, 0.29) is 5.91 Å². The molecule has 0 atom stereocenters. The van der Waals surface area contributed by atoms with Crippen LogP contribution in [0, 0.1) is 13.8 Å². The molecule has 1 fully saturated rings. The van der Waals surface area contributed by atoms with E-state index in [2.05, 4.69) is 34.3 Å². The predicted octanol–water partition coefficient (Wildman–Crippen LogP) is 4.20. The molecule has 0 bridgehead atoms. The average Bonchev–Trinajstić information content (AvgIpc) is 2.81. The van der Waals surface area contributed by atoms with Gasteiger partial charge >= 0.3 is 0 Å². The van der Waals surface area contributed by atoms with Crippen LogP contribution in [0.4, 0.5) is 17.5 Å². The first-order valence-electron chi connectivity index (χ1n) is 11.0. The third-order valence-electron chi connectivity index (χ3n) is 5.45. The Kier molecular flexibility index (Phi) is 6.54. The van der Waals surface area contributed by atoms with Crippen molar-refractivity contribution in [3.8, 4) is 5.75 Å². The van der Waals surface area contributed by atoms with E-state index < -0.39 is 0 Å². The lowest BCUT2D eigenvalue weighted by molar-refractivity contribution is 0.0746. The summed E-state index contributed by atoms with van der Waals surface area (Å²) in [6.07, 6.45) is 0. The Morgan fingerprint density at radius 1 is 0.969 bits per heavy atom. The minimum absolute atomic E-state index is 0.0493. The van der Waals surface area contributed by atoms with Crippen LogP contribution in [0.3, 0.4) is 0 Å². The Bertz CT molecular complexity index is 1060. The van der Waals surface area contributed by atoms with Crippen molar-refractivity contribution < 1.29 is 9.53 Å². The Balaban J connectivity index is 1.39. The topological polar surface area (TPSA) is 70.6 Å². The first kappa shape index (κ1) is 21.6. The van der Waals surface area contributed by atoms with Gasteiger partial charge in [-0.2, -0.15) is 4.98 Å². The smallest absolute Gasteiger partial charge is 0.253 e. The lowest BCUT2D eigenvalue weighted by Crippen LogP contribution is -2.49. The minimum Gasteiger partial charge on any atom is -0.494 e. The first-order chi connectivity index (χ1) is 15.5. The predicted molar refractivity (Wildman–Crippen MR) is 127 cm³/mol. The largest absolute Gasteiger partial charge is 0.494 e. The van der Waals surface area contributed by atoms with Gasteiger partial charge in [0.25, 0.3) is 5.91 Å². The fourth-order valence-electron chi connectivity index (χ4n) is 3.72. The number of carbonyl (C=O) groups excluding carboxylic acids is 1. The number of aryl methyl sites for hydroxylation is 2. The highest BCUT2D eigenvalue weighted by molar-refractivity contribution is 5.94. The molecule has 1 aliphatic heterocycles. The first-order valence-corrected chi connectivity index (χ1v) is 11.0. The molecule has 0 spiro atoms. The van der Waals surface area contributed by atoms with Crippen molar-refractivity contribution in [3.05, 3.63) is 71.4 Å². The molecular weight excluding hydrogens is 402 g/mol. The van der Waals surface area contributed by atoms with Gasteiger partial charge < -0.3 is 19.9 Å². The van der Waals surface area contributed by atoms with E-state index in [1.54, 1.807) is 0 Å². The third kappa shape index (κ3) is 5.17. The van der Waals surface area contributed by atoms with Gasteiger partial charge in [-0.05, 0) is 57.2 Å². The van der Waals surface area contributed by atoms with Gasteiger partial charge in [0.05, 0.1) is 6.61 Å². The summed E-state index contributed by atoms with van der Waals surface area (Å²) in [6.45, 7) is 9.33. The van der Waals surface area contributed by atoms with Crippen LogP contribution in [0.1, 0.15) is 28.5 Å². The molecule has 1 N–H and O–H groups in total. The Hall–Kier alpha value is -3.61. The summed E-state index contributed by atoms with van der Waals surface area (Å²) in [7, 11) is 0. The SMILES string of the molecule is CCOc1ccc(C(=O)N2CCN(c3cc(C)nc(Nc4ccc(C)cc4)n3)CC2)cc1. The quantitative estimate of drug-likeness (QED) is 0.631. The van der Waals surface area contributed by atoms with Crippen LogP contribution >= 0.6 is 0 Å². The second-order valence-corrected chi connectivity index (χ2v) is 7.92. The van der Waals surface area contributed by atoms with Crippen molar-refractivity contribution in [2.24, 2.45) is 0 Å². The number of nitrogens with one attached hydrogen (secondary N) is 1. The molecule has 0 saturated carbocycles. The number of rotatable bonds is 6. The summed E-state index contributed by atoms with van der Waals surface area (Å²) >= 11 is 0. The van der Waals surface area contributed by atoms with Crippen LogP contribution in [0.2, 0.25) is 0 Å².